The van der Waals surface area contributed by atoms with E-state index in [2.05, 4.69) is 53.4 Å². The molecule has 2 aliphatic rings. The monoisotopic (exact) mass is 683 g/mol. The Morgan fingerprint density at radius 3 is 1.50 bits per heavy atom. The topological polar surface area (TPSA) is 40.2 Å². The van der Waals surface area contributed by atoms with Crippen LogP contribution in [-0.4, -0.2) is 54.9 Å². The van der Waals surface area contributed by atoms with Gasteiger partial charge in [0, 0.05) is 19.0 Å². The molecule has 0 spiro atoms. The summed E-state index contributed by atoms with van der Waals surface area (Å²) in [5, 5.41) is 0. The van der Waals surface area contributed by atoms with Crippen molar-refractivity contribution in [3.8, 4) is 0 Å². The molecule has 0 radical (unpaired) electrons. The molecule has 0 unspecified atom stereocenters. The lowest BCUT2D eigenvalue weighted by molar-refractivity contribution is -0.212. The minimum atomic E-state index is -2.64. The highest BCUT2D eigenvalue weighted by molar-refractivity contribution is 5.16. The van der Waals surface area contributed by atoms with Gasteiger partial charge in [-0.1, -0.05) is 121 Å². The SMILES string of the molecule is CC(F)(F)C1CCC(CN2C[C@H](OCc3ccccc3)[C@@H](OCc3ccccc3)[C@H](OCc3ccccc3)[C@@H]2COCc2ccccc2)CC1. The lowest BCUT2D eigenvalue weighted by Gasteiger charge is -2.49. The Labute approximate surface area is 296 Å². The summed E-state index contributed by atoms with van der Waals surface area (Å²) >= 11 is 0. The minimum Gasteiger partial charge on any atom is -0.375 e. The van der Waals surface area contributed by atoms with E-state index >= 15 is 0 Å². The molecule has 0 bridgehead atoms. The molecule has 6 rings (SSSR count). The maximum absolute atomic E-state index is 14.3. The number of likely N-dealkylation sites (tertiary alicyclic amines) is 1. The van der Waals surface area contributed by atoms with E-state index in [1.165, 1.54) is 0 Å². The second kappa shape index (κ2) is 18.2. The normalized spacial score (nSPS) is 24.6. The molecule has 0 amide bonds. The average molecular weight is 684 g/mol. The van der Waals surface area contributed by atoms with Crippen LogP contribution in [0.1, 0.15) is 54.9 Å². The number of piperidine rings is 1. The molecule has 5 nitrogen and oxygen atoms in total. The maximum Gasteiger partial charge on any atom is 0.248 e. The van der Waals surface area contributed by atoms with Crippen LogP contribution in [-0.2, 0) is 45.4 Å². The van der Waals surface area contributed by atoms with E-state index in [4.69, 9.17) is 18.9 Å². The number of ether oxygens (including phenoxy) is 4. The molecule has 7 heteroatoms. The first-order valence-electron chi connectivity index (χ1n) is 18.1. The van der Waals surface area contributed by atoms with Crippen LogP contribution in [0.25, 0.3) is 0 Å². The van der Waals surface area contributed by atoms with Crippen LogP contribution in [0.3, 0.4) is 0 Å². The molecule has 1 aliphatic heterocycles. The minimum absolute atomic E-state index is 0.134. The van der Waals surface area contributed by atoms with Gasteiger partial charge in [0.1, 0.15) is 12.2 Å². The van der Waals surface area contributed by atoms with E-state index in [9.17, 15) is 8.78 Å². The Morgan fingerprint density at radius 2 is 1.02 bits per heavy atom. The molecule has 1 heterocycles. The summed E-state index contributed by atoms with van der Waals surface area (Å²) in [7, 11) is 0. The Morgan fingerprint density at radius 1 is 0.580 bits per heavy atom. The summed E-state index contributed by atoms with van der Waals surface area (Å²) in [5.74, 6) is -2.89. The predicted molar refractivity (Wildman–Crippen MR) is 193 cm³/mol. The predicted octanol–water partition coefficient (Wildman–Crippen LogP) is 9.11. The van der Waals surface area contributed by atoms with Gasteiger partial charge < -0.3 is 18.9 Å². The van der Waals surface area contributed by atoms with Crippen molar-refractivity contribution in [2.24, 2.45) is 11.8 Å². The second-order valence-corrected chi connectivity index (χ2v) is 14.1. The van der Waals surface area contributed by atoms with E-state index in [1.807, 2.05) is 72.8 Å². The van der Waals surface area contributed by atoms with Gasteiger partial charge in [0.2, 0.25) is 5.92 Å². The van der Waals surface area contributed by atoms with Crippen molar-refractivity contribution in [2.45, 2.75) is 89.3 Å². The van der Waals surface area contributed by atoms with Crippen molar-refractivity contribution in [3.63, 3.8) is 0 Å². The summed E-state index contributed by atoms with van der Waals surface area (Å²) < 4.78 is 55.5. The van der Waals surface area contributed by atoms with Crippen LogP contribution in [0.2, 0.25) is 0 Å². The summed E-state index contributed by atoms with van der Waals surface area (Å²) in [5.41, 5.74) is 4.36. The molecule has 1 saturated heterocycles. The highest BCUT2D eigenvalue weighted by atomic mass is 19.3. The molecular formula is C43H51F2NO4. The van der Waals surface area contributed by atoms with Gasteiger partial charge in [-0.05, 0) is 60.8 Å². The number of halogens is 2. The van der Waals surface area contributed by atoms with Crippen LogP contribution < -0.4 is 0 Å². The van der Waals surface area contributed by atoms with Crippen molar-refractivity contribution >= 4 is 0 Å². The van der Waals surface area contributed by atoms with E-state index in [0.717, 1.165) is 48.6 Å². The van der Waals surface area contributed by atoms with Crippen LogP contribution in [0.4, 0.5) is 8.78 Å². The number of hydrogen-bond acceptors (Lipinski definition) is 5. The molecule has 4 atom stereocenters. The zero-order valence-corrected chi connectivity index (χ0v) is 29.1. The molecule has 266 valence electrons. The fourth-order valence-corrected chi connectivity index (χ4v) is 7.44. The highest BCUT2D eigenvalue weighted by Crippen LogP contribution is 2.39. The third kappa shape index (κ3) is 10.5. The second-order valence-electron chi connectivity index (χ2n) is 14.1. The average Bonchev–Trinajstić information content (AvgIpc) is 3.15. The standard InChI is InChI=1S/C43H51F2NO4/c1-43(44,45)38-24-22-33(23-25-38)26-46-27-40(48-29-35-16-8-3-9-17-35)42(50-31-37-20-12-5-13-21-37)41(49-30-36-18-10-4-11-19-36)39(46)32-47-28-34-14-6-2-7-15-34/h2-21,33,38-42H,22-32H2,1H3/t33?,38?,39-,40-,41+,42+/m0/s1. The van der Waals surface area contributed by atoms with E-state index in [0.29, 0.717) is 58.3 Å². The molecule has 0 N–H and O–H groups in total. The van der Waals surface area contributed by atoms with Crippen molar-refractivity contribution in [1.29, 1.82) is 0 Å². The van der Waals surface area contributed by atoms with Gasteiger partial charge in [-0.3, -0.25) is 4.90 Å². The number of nitrogens with zero attached hydrogens (tertiary/aromatic N) is 1. The molecule has 1 saturated carbocycles. The molecular weight excluding hydrogens is 632 g/mol. The maximum atomic E-state index is 14.3. The first-order valence-corrected chi connectivity index (χ1v) is 18.1. The van der Waals surface area contributed by atoms with Gasteiger partial charge in [0.05, 0.1) is 45.2 Å². The van der Waals surface area contributed by atoms with Crippen LogP contribution in [0, 0.1) is 11.8 Å². The van der Waals surface area contributed by atoms with Crippen molar-refractivity contribution in [2.75, 3.05) is 19.7 Å². The van der Waals surface area contributed by atoms with Gasteiger partial charge in [-0.25, -0.2) is 8.78 Å². The Kier molecular flexibility index (Phi) is 13.2. The van der Waals surface area contributed by atoms with Gasteiger partial charge in [-0.15, -0.1) is 0 Å². The van der Waals surface area contributed by atoms with Gasteiger partial charge >= 0.3 is 0 Å². The first kappa shape index (κ1) is 36.3. The molecule has 2 fully saturated rings. The lowest BCUT2D eigenvalue weighted by Crippen LogP contribution is -2.65. The van der Waals surface area contributed by atoms with E-state index in [1.54, 1.807) is 0 Å². The smallest absolute Gasteiger partial charge is 0.248 e. The van der Waals surface area contributed by atoms with Crippen molar-refractivity contribution in [3.05, 3.63) is 144 Å². The largest absolute Gasteiger partial charge is 0.375 e. The van der Waals surface area contributed by atoms with Gasteiger partial charge in [0.25, 0.3) is 0 Å². The molecule has 4 aromatic carbocycles. The first-order chi connectivity index (χ1) is 24.4. The van der Waals surface area contributed by atoms with Crippen LogP contribution >= 0.6 is 0 Å². The number of hydrogen-bond donors (Lipinski definition) is 0. The van der Waals surface area contributed by atoms with Crippen LogP contribution in [0.15, 0.2) is 121 Å². The summed E-state index contributed by atoms with van der Waals surface area (Å²) in [6, 6.07) is 40.7. The Hall–Kier alpha value is -3.46. The van der Waals surface area contributed by atoms with Crippen LogP contribution in [0.5, 0.6) is 0 Å². The fourth-order valence-electron chi connectivity index (χ4n) is 7.44. The third-order valence-corrected chi connectivity index (χ3v) is 10.3. The summed E-state index contributed by atoms with van der Waals surface area (Å²) in [4.78, 5) is 2.45. The quantitative estimate of drug-likeness (QED) is 0.118. The summed E-state index contributed by atoms with van der Waals surface area (Å²) in [6.07, 6.45) is 1.60. The molecule has 1 aliphatic carbocycles. The zero-order valence-electron chi connectivity index (χ0n) is 29.1. The molecule has 4 aromatic rings. The highest BCUT2D eigenvalue weighted by Gasteiger charge is 2.47. The van der Waals surface area contributed by atoms with Crippen molar-refractivity contribution < 1.29 is 27.7 Å². The fraction of sp³-hybridized carbons (Fsp3) is 0.442. The number of alkyl halides is 2. The van der Waals surface area contributed by atoms with Crippen molar-refractivity contribution in [1.82, 2.24) is 4.90 Å². The van der Waals surface area contributed by atoms with Gasteiger partial charge in [0.15, 0.2) is 0 Å². The van der Waals surface area contributed by atoms with E-state index < -0.39 is 11.8 Å². The molecule has 50 heavy (non-hydrogen) atoms. The Balaban J connectivity index is 1.28. The van der Waals surface area contributed by atoms with Gasteiger partial charge in [-0.2, -0.15) is 0 Å². The van der Waals surface area contributed by atoms with E-state index in [-0.39, 0.29) is 24.4 Å². The Bertz CT molecular complexity index is 1510. The number of rotatable bonds is 16. The third-order valence-electron chi connectivity index (χ3n) is 10.3. The summed E-state index contributed by atoms with van der Waals surface area (Å²) in [6.45, 7) is 4.67. The number of benzene rings is 4. The lowest BCUT2D eigenvalue weighted by atomic mass is 9.78. The zero-order chi connectivity index (χ0) is 34.6. The molecule has 0 aromatic heterocycles.